The lowest BCUT2D eigenvalue weighted by molar-refractivity contribution is 0.0698. The highest BCUT2D eigenvalue weighted by atomic mass is 79.9. The highest BCUT2D eigenvalue weighted by Gasteiger charge is 2.18. The minimum atomic E-state index is -1.12. The number of carboxylic acid groups (broad SMARTS) is 1. The van der Waals surface area contributed by atoms with E-state index in [1.807, 2.05) is 0 Å². The van der Waals surface area contributed by atoms with E-state index >= 15 is 0 Å². The van der Waals surface area contributed by atoms with Crippen molar-refractivity contribution in [2.75, 3.05) is 0 Å². The fraction of sp³-hybridized carbons (Fsp3) is 0. The first-order valence-electron chi connectivity index (χ1n) is 5.65. The van der Waals surface area contributed by atoms with E-state index in [4.69, 9.17) is 9.52 Å². The molecule has 0 aliphatic carbocycles. The second-order valence-electron chi connectivity index (χ2n) is 4.08. The molecular formula is C14H7BrFNO3. The van der Waals surface area contributed by atoms with Gasteiger partial charge < -0.3 is 9.52 Å². The van der Waals surface area contributed by atoms with Crippen LogP contribution in [0.2, 0.25) is 0 Å². The summed E-state index contributed by atoms with van der Waals surface area (Å²) in [7, 11) is 0. The van der Waals surface area contributed by atoms with Crippen LogP contribution in [0.1, 0.15) is 10.4 Å². The number of nitrogens with zero attached hydrogens (tertiary/aromatic N) is 1. The number of oxazole rings is 1. The van der Waals surface area contributed by atoms with Gasteiger partial charge in [0.1, 0.15) is 16.9 Å². The zero-order valence-corrected chi connectivity index (χ0v) is 11.5. The molecule has 6 heteroatoms. The van der Waals surface area contributed by atoms with Gasteiger partial charge in [-0.2, -0.15) is 0 Å². The third kappa shape index (κ3) is 1.98. The molecule has 2 aromatic carbocycles. The number of aromatic carboxylic acids is 1. The third-order valence-electron chi connectivity index (χ3n) is 2.83. The standard InChI is InChI=1S/C14H7BrFNO3/c15-9-5-1-3-7(11(9)16)13-17-10-6-2-4-8(14(18)19)12(10)20-13/h1-6H,(H,18,19). The zero-order valence-electron chi connectivity index (χ0n) is 9.93. The Bertz CT molecular complexity index is 828. The number of hydrogen-bond donors (Lipinski definition) is 1. The van der Waals surface area contributed by atoms with Crippen LogP contribution in [0.15, 0.2) is 45.3 Å². The maximum atomic E-state index is 14.0. The van der Waals surface area contributed by atoms with Crippen LogP contribution in [0.4, 0.5) is 4.39 Å². The maximum absolute atomic E-state index is 14.0. The van der Waals surface area contributed by atoms with Gasteiger partial charge in [-0.25, -0.2) is 14.2 Å². The molecule has 0 aliphatic rings. The van der Waals surface area contributed by atoms with Crippen LogP contribution in [-0.4, -0.2) is 16.1 Å². The molecule has 0 fully saturated rings. The van der Waals surface area contributed by atoms with Crippen molar-refractivity contribution < 1.29 is 18.7 Å². The van der Waals surface area contributed by atoms with Crippen molar-refractivity contribution in [2.24, 2.45) is 0 Å². The smallest absolute Gasteiger partial charge is 0.339 e. The SMILES string of the molecule is O=C(O)c1cccc2nc(-c3cccc(Br)c3F)oc12. The lowest BCUT2D eigenvalue weighted by atomic mass is 10.2. The predicted octanol–water partition coefficient (Wildman–Crippen LogP) is 4.09. The average Bonchev–Trinajstić information content (AvgIpc) is 2.84. The normalized spacial score (nSPS) is 10.9. The van der Waals surface area contributed by atoms with Crippen molar-refractivity contribution in [3.8, 4) is 11.5 Å². The van der Waals surface area contributed by atoms with Crippen molar-refractivity contribution in [1.82, 2.24) is 4.98 Å². The van der Waals surface area contributed by atoms with E-state index in [9.17, 15) is 9.18 Å². The third-order valence-corrected chi connectivity index (χ3v) is 3.44. The van der Waals surface area contributed by atoms with Crippen molar-refractivity contribution in [3.63, 3.8) is 0 Å². The molecule has 100 valence electrons. The predicted molar refractivity (Wildman–Crippen MR) is 74.1 cm³/mol. The van der Waals surface area contributed by atoms with Crippen LogP contribution in [0.5, 0.6) is 0 Å². The molecule has 3 rings (SSSR count). The van der Waals surface area contributed by atoms with E-state index in [-0.39, 0.29) is 27.1 Å². The molecule has 1 N–H and O–H groups in total. The molecule has 1 aromatic heterocycles. The number of aromatic nitrogens is 1. The van der Waals surface area contributed by atoms with E-state index < -0.39 is 11.8 Å². The van der Waals surface area contributed by atoms with E-state index in [0.717, 1.165) is 0 Å². The number of fused-ring (bicyclic) bond motifs is 1. The van der Waals surface area contributed by atoms with Crippen LogP contribution in [0.25, 0.3) is 22.6 Å². The first-order valence-corrected chi connectivity index (χ1v) is 6.44. The lowest BCUT2D eigenvalue weighted by Gasteiger charge is -1.99. The number of benzene rings is 2. The fourth-order valence-corrected chi connectivity index (χ4v) is 2.27. The topological polar surface area (TPSA) is 63.3 Å². The molecule has 0 radical (unpaired) electrons. The van der Waals surface area contributed by atoms with Gasteiger partial charge in [-0.1, -0.05) is 12.1 Å². The van der Waals surface area contributed by atoms with Crippen molar-refractivity contribution >= 4 is 33.0 Å². The van der Waals surface area contributed by atoms with Gasteiger partial charge in [0.2, 0.25) is 5.89 Å². The van der Waals surface area contributed by atoms with Gasteiger partial charge >= 0.3 is 5.97 Å². The minimum Gasteiger partial charge on any atom is -0.478 e. The number of para-hydroxylation sites is 1. The number of hydrogen-bond acceptors (Lipinski definition) is 3. The van der Waals surface area contributed by atoms with Gasteiger partial charge in [0, 0.05) is 0 Å². The van der Waals surface area contributed by atoms with Crippen molar-refractivity contribution in [3.05, 3.63) is 52.3 Å². The fourth-order valence-electron chi connectivity index (χ4n) is 1.90. The molecular weight excluding hydrogens is 329 g/mol. The molecule has 0 saturated heterocycles. The summed E-state index contributed by atoms with van der Waals surface area (Å²) in [4.78, 5) is 15.2. The van der Waals surface area contributed by atoms with Crippen molar-refractivity contribution in [1.29, 1.82) is 0 Å². The van der Waals surface area contributed by atoms with Crippen LogP contribution in [-0.2, 0) is 0 Å². The van der Waals surface area contributed by atoms with Gasteiger partial charge in [-0.05, 0) is 40.2 Å². The molecule has 0 amide bonds. The molecule has 0 bridgehead atoms. The molecule has 0 spiro atoms. The van der Waals surface area contributed by atoms with Gasteiger partial charge in [-0.3, -0.25) is 0 Å². The Hall–Kier alpha value is -2.21. The molecule has 0 atom stereocenters. The summed E-state index contributed by atoms with van der Waals surface area (Å²) in [5, 5.41) is 9.09. The monoisotopic (exact) mass is 335 g/mol. The summed E-state index contributed by atoms with van der Waals surface area (Å²) in [5.41, 5.74) is 0.678. The van der Waals surface area contributed by atoms with Crippen LogP contribution >= 0.6 is 15.9 Å². The maximum Gasteiger partial charge on any atom is 0.339 e. The Balaban J connectivity index is 2.26. The van der Waals surface area contributed by atoms with Gasteiger partial charge in [0.15, 0.2) is 5.58 Å². The number of halogens is 2. The molecule has 3 aromatic rings. The highest BCUT2D eigenvalue weighted by Crippen LogP contribution is 2.30. The highest BCUT2D eigenvalue weighted by molar-refractivity contribution is 9.10. The quantitative estimate of drug-likeness (QED) is 0.765. The molecule has 0 aliphatic heterocycles. The lowest BCUT2D eigenvalue weighted by Crippen LogP contribution is -1.95. The van der Waals surface area contributed by atoms with Crippen LogP contribution < -0.4 is 0 Å². The van der Waals surface area contributed by atoms with E-state index in [2.05, 4.69) is 20.9 Å². The first kappa shape index (κ1) is 12.8. The van der Waals surface area contributed by atoms with Gasteiger partial charge in [0.25, 0.3) is 0 Å². The molecule has 1 heterocycles. The second kappa shape index (κ2) is 4.72. The minimum absolute atomic E-state index is 0.00310. The summed E-state index contributed by atoms with van der Waals surface area (Å²) in [5.74, 6) is -1.57. The summed E-state index contributed by atoms with van der Waals surface area (Å²) in [6, 6.07) is 9.32. The van der Waals surface area contributed by atoms with Crippen LogP contribution in [0.3, 0.4) is 0 Å². The Morgan fingerprint density at radius 2 is 2.00 bits per heavy atom. The molecule has 4 nitrogen and oxygen atoms in total. The van der Waals surface area contributed by atoms with E-state index in [1.54, 1.807) is 24.3 Å². The number of rotatable bonds is 2. The van der Waals surface area contributed by atoms with Crippen LogP contribution in [0, 0.1) is 5.82 Å². The molecule has 0 unspecified atom stereocenters. The summed E-state index contributed by atoms with van der Waals surface area (Å²) < 4.78 is 19.7. The average molecular weight is 336 g/mol. The Morgan fingerprint density at radius 1 is 1.25 bits per heavy atom. The Kier molecular flexibility index (Phi) is 3.02. The Morgan fingerprint density at radius 3 is 2.75 bits per heavy atom. The van der Waals surface area contributed by atoms with Gasteiger partial charge in [-0.15, -0.1) is 0 Å². The summed E-state index contributed by atoms with van der Waals surface area (Å²) in [6.45, 7) is 0. The van der Waals surface area contributed by atoms with E-state index in [0.29, 0.717) is 5.52 Å². The van der Waals surface area contributed by atoms with Crippen molar-refractivity contribution in [2.45, 2.75) is 0 Å². The largest absolute Gasteiger partial charge is 0.478 e. The molecule has 0 saturated carbocycles. The summed E-state index contributed by atoms with van der Waals surface area (Å²) in [6.07, 6.45) is 0. The first-order chi connectivity index (χ1) is 9.58. The summed E-state index contributed by atoms with van der Waals surface area (Å²) >= 11 is 3.09. The Labute approximate surface area is 121 Å². The molecule has 20 heavy (non-hydrogen) atoms. The number of carboxylic acids is 1. The van der Waals surface area contributed by atoms with E-state index in [1.165, 1.54) is 12.1 Å². The number of carbonyl (C=O) groups is 1. The second-order valence-corrected chi connectivity index (χ2v) is 4.93. The zero-order chi connectivity index (χ0) is 14.3. The van der Waals surface area contributed by atoms with Gasteiger partial charge in [0.05, 0.1) is 10.0 Å².